The van der Waals surface area contributed by atoms with Crippen LogP contribution in [0.15, 0.2) is 28.7 Å². The zero-order valence-electron chi connectivity index (χ0n) is 9.52. The summed E-state index contributed by atoms with van der Waals surface area (Å²) in [6, 6.07) is 7.47. The van der Waals surface area contributed by atoms with Gasteiger partial charge in [-0.05, 0) is 12.5 Å². The lowest BCUT2D eigenvalue weighted by Crippen LogP contribution is -2.25. The summed E-state index contributed by atoms with van der Waals surface area (Å²) in [6.07, 6.45) is 1.80. The highest BCUT2D eigenvalue weighted by molar-refractivity contribution is 9.10. The zero-order chi connectivity index (χ0) is 12.1. The Labute approximate surface area is 109 Å². The Hall–Kier alpha value is -0.710. The maximum Gasteiger partial charge on any atom is 0.164 e. The fourth-order valence-electron chi connectivity index (χ4n) is 1.77. The maximum absolute atomic E-state index is 12.0. The zero-order valence-corrected chi connectivity index (χ0v) is 11.1. The topological polar surface area (TPSA) is 35.5 Å². The molecule has 0 aromatic heterocycles. The first-order chi connectivity index (χ1) is 8.27. The number of ketones is 1. The molecule has 1 saturated heterocycles. The second-order valence-electron chi connectivity index (χ2n) is 3.97. The molecule has 92 valence electrons. The third-order valence-electron chi connectivity index (χ3n) is 2.68. The number of carbonyl (C=O) groups is 1. The van der Waals surface area contributed by atoms with E-state index in [1.807, 2.05) is 24.3 Å². The van der Waals surface area contributed by atoms with Crippen LogP contribution in [-0.4, -0.2) is 25.3 Å². The summed E-state index contributed by atoms with van der Waals surface area (Å²) in [5.74, 6) is 0.121. The van der Waals surface area contributed by atoms with Gasteiger partial charge < -0.3 is 9.47 Å². The van der Waals surface area contributed by atoms with Crippen LogP contribution < -0.4 is 0 Å². The summed E-state index contributed by atoms with van der Waals surface area (Å²) in [7, 11) is 0. The van der Waals surface area contributed by atoms with E-state index in [9.17, 15) is 4.79 Å². The maximum atomic E-state index is 12.0. The van der Waals surface area contributed by atoms with Gasteiger partial charge in [-0.3, -0.25) is 4.79 Å². The van der Waals surface area contributed by atoms with Crippen LogP contribution >= 0.6 is 15.9 Å². The molecule has 0 saturated carbocycles. The summed E-state index contributed by atoms with van der Waals surface area (Å²) in [4.78, 5) is 12.0. The second-order valence-corrected chi connectivity index (χ2v) is 4.82. The first kappa shape index (κ1) is 12.7. The number of benzene rings is 1. The van der Waals surface area contributed by atoms with Gasteiger partial charge in [-0.25, -0.2) is 0 Å². The SMILES string of the molecule is O=C(CCC1OCCCO1)c1ccccc1Br. The van der Waals surface area contributed by atoms with E-state index in [2.05, 4.69) is 15.9 Å². The first-order valence-electron chi connectivity index (χ1n) is 5.78. The molecule has 1 aliphatic heterocycles. The monoisotopic (exact) mass is 298 g/mol. The van der Waals surface area contributed by atoms with Crippen molar-refractivity contribution < 1.29 is 14.3 Å². The van der Waals surface area contributed by atoms with Crippen molar-refractivity contribution in [2.75, 3.05) is 13.2 Å². The molecule has 17 heavy (non-hydrogen) atoms. The lowest BCUT2D eigenvalue weighted by atomic mass is 10.1. The van der Waals surface area contributed by atoms with Crippen molar-refractivity contribution in [1.82, 2.24) is 0 Å². The van der Waals surface area contributed by atoms with Crippen LogP contribution in [0.2, 0.25) is 0 Å². The van der Waals surface area contributed by atoms with Crippen LogP contribution in [0.3, 0.4) is 0 Å². The van der Waals surface area contributed by atoms with E-state index in [1.54, 1.807) is 0 Å². The molecule has 0 spiro atoms. The van der Waals surface area contributed by atoms with Gasteiger partial charge in [0.1, 0.15) is 0 Å². The number of hydrogen-bond donors (Lipinski definition) is 0. The molecule has 0 bridgehead atoms. The van der Waals surface area contributed by atoms with Crippen LogP contribution in [0.4, 0.5) is 0 Å². The van der Waals surface area contributed by atoms with E-state index < -0.39 is 0 Å². The molecular formula is C13H15BrO3. The number of ether oxygens (including phenoxy) is 2. The lowest BCUT2D eigenvalue weighted by Gasteiger charge is -2.22. The van der Waals surface area contributed by atoms with Gasteiger partial charge in [-0.1, -0.05) is 34.1 Å². The summed E-state index contributed by atoms with van der Waals surface area (Å²) < 4.78 is 11.7. The molecular weight excluding hydrogens is 284 g/mol. The fraction of sp³-hybridized carbons (Fsp3) is 0.462. The third kappa shape index (κ3) is 3.63. The summed E-state index contributed by atoms with van der Waals surface area (Å²) in [5, 5.41) is 0. The van der Waals surface area contributed by atoms with Gasteiger partial charge in [-0.2, -0.15) is 0 Å². The van der Waals surface area contributed by atoms with E-state index in [1.165, 1.54) is 0 Å². The van der Waals surface area contributed by atoms with Crippen molar-refractivity contribution in [2.24, 2.45) is 0 Å². The standard InChI is InChI=1S/C13H15BrO3/c14-11-5-2-1-4-10(11)12(15)6-7-13-16-8-3-9-17-13/h1-2,4-5,13H,3,6-9H2. The van der Waals surface area contributed by atoms with Gasteiger partial charge in [0.05, 0.1) is 13.2 Å². The highest BCUT2D eigenvalue weighted by Gasteiger charge is 2.17. The van der Waals surface area contributed by atoms with Crippen molar-refractivity contribution in [3.8, 4) is 0 Å². The summed E-state index contributed by atoms with van der Waals surface area (Å²) in [5.41, 5.74) is 0.725. The number of rotatable bonds is 4. The van der Waals surface area contributed by atoms with E-state index in [4.69, 9.17) is 9.47 Å². The fourth-order valence-corrected chi connectivity index (χ4v) is 2.28. The van der Waals surface area contributed by atoms with E-state index >= 15 is 0 Å². The number of halogens is 1. The molecule has 1 heterocycles. The Bertz CT molecular complexity index is 386. The van der Waals surface area contributed by atoms with Gasteiger partial charge in [-0.15, -0.1) is 0 Å². The Kier molecular flexibility index (Phi) is 4.71. The molecule has 1 aromatic carbocycles. The smallest absolute Gasteiger partial charge is 0.164 e. The van der Waals surface area contributed by atoms with Crippen molar-refractivity contribution in [2.45, 2.75) is 25.6 Å². The van der Waals surface area contributed by atoms with Crippen LogP contribution in [0.5, 0.6) is 0 Å². The van der Waals surface area contributed by atoms with E-state index in [0.717, 1.165) is 29.7 Å². The molecule has 0 atom stereocenters. The Morgan fingerprint density at radius 2 is 2.00 bits per heavy atom. The molecule has 3 nitrogen and oxygen atoms in total. The largest absolute Gasteiger partial charge is 0.353 e. The Balaban J connectivity index is 1.87. The normalized spacial score (nSPS) is 17.0. The van der Waals surface area contributed by atoms with Crippen molar-refractivity contribution >= 4 is 21.7 Å². The first-order valence-corrected chi connectivity index (χ1v) is 6.57. The van der Waals surface area contributed by atoms with Gasteiger partial charge in [0.15, 0.2) is 12.1 Å². The molecule has 0 radical (unpaired) electrons. The Morgan fingerprint density at radius 3 is 2.71 bits per heavy atom. The van der Waals surface area contributed by atoms with Crippen LogP contribution in [0.1, 0.15) is 29.6 Å². The predicted molar refractivity (Wildman–Crippen MR) is 68.0 cm³/mol. The minimum Gasteiger partial charge on any atom is -0.353 e. The van der Waals surface area contributed by atoms with Gasteiger partial charge >= 0.3 is 0 Å². The number of hydrogen-bond acceptors (Lipinski definition) is 3. The van der Waals surface area contributed by atoms with Crippen molar-refractivity contribution in [1.29, 1.82) is 0 Å². The van der Waals surface area contributed by atoms with Crippen LogP contribution in [-0.2, 0) is 9.47 Å². The molecule has 4 heteroatoms. The van der Waals surface area contributed by atoms with Gasteiger partial charge in [0.25, 0.3) is 0 Å². The highest BCUT2D eigenvalue weighted by Crippen LogP contribution is 2.19. The third-order valence-corrected chi connectivity index (χ3v) is 3.37. The van der Waals surface area contributed by atoms with E-state index in [-0.39, 0.29) is 12.1 Å². The van der Waals surface area contributed by atoms with Gasteiger partial charge in [0, 0.05) is 22.9 Å². The van der Waals surface area contributed by atoms with Gasteiger partial charge in [0.2, 0.25) is 0 Å². The van der Waals surface area contributed by atoms with Crippen molar-refractivity contribution in [3.05, 3.63) is 34.3 Å². The molecule has 1 aromatic rings. The molecule has 0 unspecified atom stereocenters. The summed E-state index contributed by atoms with van der Waals surface area (Å²) >= 11 is 3.38. The average Bonchev–Trinajstić information content (AvgIpc) is 2.38. The quantitative estimate of drug-likeness (QED) is 0.801. The summed E-state index contributed by atoms with van der Waals surface area (Å²) in [6.45, 7) is 1.46. The molecule has 2 rings (SSSR count). The minimum atomic E-state index is -0.213. The number of carbonyl (C=O) groups excluding carboxylic acids is 1. The molecule has 0 aliphatic carbocycles. The minimum absolute atomic E-state index is 0.121. The molecule has 1 aliphatic rings. The van der Waals surface area contributed by atoms with Crippen molar-refractivity contribution in [3.63, 3.8) is 0 Å². The average molecular weight is 299 g/mol. The molecule has 0 N–H and O–H groups in total. The molecule has 1 fully saturated rings. The lowest BCUT2D eigenvalue weighted by molar-refractivity contribution is -0.180. The highest BCUT2D eigenvalue weighted by atomic mass is 79.9. The second kappa shape index (κ2) is 6.28. The predicted octanol–water partition coefficient (Wildman–Crippen LogP) is 3.18. The number of Topliss-reactive ketones (excluding diaryl/α,β-unsaturated/α-hetero) is 1. The van der Waals surface area contributed by atoms with E-state index in [0.29, 0.717) is 12.8 Å². The van der Waals surface area contributed by atoms with Crippen LogP contribution in [0.25, 0.3) is 0 Å². The Morgan fingerprint density at radius 1 is 1.29 bits per heavy atom. The molecule has 0 amide bonds. The van der Waals surface area contributed by atoms with Crippen LogP contribution in [0, 0.1) is 0 Å².